The van der Waals surface area contributed by atoms with Crippen LogP contribution in [0.4, 0.5) is 0 Å². The number of hydrogen-bond donors (Lipinski definition) is 3. The van der Waals surface area contributed by atoms with Gasteiger partial charge in [-0.05, 0) is 13.3 Å². The van der Waals surface area contributed by atoms with Crippen molar-refractivity contribution in [3.05, 3.63) is 0 Å². The molecule has 0 aromatic carbocycles. The van der Waals surface area contributed by atoms with E-state index in [4.69, 9.17) is 9.57 Å². The van der Waals surface area contributed by atoms with Crippen molar-refractivity contribution in [2.45, 2.75) is 49.2 Å². The Labute approximate surface area is 115 Å². The minimum Gasteiger partial charge on any atom is -0.391 e. The van der Waals surface area contributed by atoms with Gasteiger partial charge >= 0.3 is 0 Å². The first-order chi connectivity index (χ1) is 9.08. The fraction of sp³-hybridized carbons (Fsp3) is 0.909. The number of ether oxygens (including phenoxy) is 1. The first kappa shape index (κ1) is 13.6. The number of nitrogens with zero attached hydrogens (tertiary/aromatic N) is 2. The molecule has 0 aromatic heterocycles. The second kappa shape index (κ2) is 5.19. The van der Waals surface area contributed by atoms with Crippen molar-refractivity contribution < 1.29 is 24.9 Å². The molecule has 2 fully saturated rings. The SMILES string of the molecule is CC(O)C1OC2SC(N3CCCO3)=NC2C(O)C1O. The summed E-state index contributed by atoms with van der Waals surface area (Å²) in [5.41, 5.74) is -0.391. The van der Waals surface area contributed by atoms with Crippen molar-refractivity contribution >= 4 is 16.9 Å². The van der Waals surface area contributed by atoms with E-state index in [-0.39, 0.29) is 0 Å². The third-order valence-electron chi connectivity index (χ3n) is 3.53. The normalized spacial score (nSPS) is 44.1. The molecule has 7 nitrogen and oxygen atoms in total. The monoisotopic (exact) mass is 290 g/mol. The minimum atomic E-state index is -1.13. The first-order valence-electron chi connectivity index (χ1n) is 6.42. The lowest BCUT2D eigenvalue weighted by atomic mass is 9.95. The van der Waals surface area contributed by atoms with E-state index in [1.165, 1.54) is 18.7 Å². The number of fused-ring (bicyclic) bond motifs is 1. The maximum absolute atomic E-state index is 10.1. The van der Waals surface area contributed by atoms with E-state index in [1.807, 2.05) is 0 Å². The van der Waals surface area contributed by atoms with E-state index in [9.17, 15) is 15.3 Å². The number of hydroxylamine groups is 2. The molecule has 3 N–H and O–H groups in total. The maximum atomic E-state index is 10.1. The molecule has 0 bridgehead atoms. The highest BCUT2D eigenvalue weighted by molar-refractivity contribution is 8.14. The lowest BCUT2D eigenvalue weighted by Crippen LogP contribution is -2.57. The fourth-order valence-electron chi connectivity index (χ4n) is 2.49. The Morgan fingerprint density at radius 2 is 2.21 bits per heavy atom. The molecular weight excluding hydrogens is 272 g/mol. The standard InChI is InChI=1S/C11H18N2O5S/c1-5(14)9-8(16)7(15)6-10(18-9)19-11(12-6)13-3-2-4-17-13/h5-10,14-16H,2-4H2,1H3. The van der Waals surface area contributed by atoms with Crippen LogP contribution in [-0.2, 0) is 9.57 Å². The van der Waals surface area contributed by atoms with E-state index in [0.29, 0.717) is 11.8 Å². The zero-order valence-electron chi connectivity index (χ0n) is 10.5. The van der Waals surface area contributed by atoms with Crippen LogP contribution in [0.25, 0.3) is 0 Å². The average molecular weight is 290 g/mol. The molecule has 0 spiro atoms. The van der Waals surface area contributed by atoms with E-state index < -0.39 is 35.9 Å². The van der Waals surface area contributed by atoms with Crippen LogP contribution in [0.5, 0.6) is 0 Å². The van der Waals surface area contributed by atoms with Crippen LogP contribution in [0.1, 0.15) is 13.3 Å². The number of aliphatic hydroxyl groups is 3. The summed E-state index contributed by atoms with van der Waals surface area (Å²) >= 11 is 1.37. The van der Waals surface area contributed by atoms with Crippen molar-refractivity contribution in [2.75, 3.05) is 13.2 Å². The Morgan fingerprint density at radius 3 is 2.84 bits per heavy atom. The van der Waals surface area contributed by atoms with Gasteiger partial charge in [0.25, 0.3) is 0 Å². The molecule has 108 valence electrons. The van der Waals surface area contributed by atoms with Gasteiger partial charge in [-0.15, -0.1) is 0 Å². The molecule has 0 amide bonds. The summed E-state index contributed by atoms with van der Waals surface area (Å²) in [5.74, 6) is 0. The highest BCUT2D eigenvalue weighted by atomic mass is 32.2. The molecule has 3 heterocycles. The van der Waals surface area contributed by atoms with Gasteiger partial charge in [0.05, 0.1) is 19.3 Å². The molecule has 0 radical (unpaired) electrons. The summed E-state index contributed by atoms with van der Waals surface area (Å²) < 4.78 is 5.65. The van der Waals surface area contributed by atoms with Gasteiger partial charge in [0.2, 0.25) is 0 Å². The van der Waals surface area contributed by atoms with E-state index in [0.717, 1.165) is 13.0 Å². The van der Waals surface area contributed by atoms with Gasteiger partial charge in [-0.1, -0.05) is 11.8 Å². The molecule has 19 heavy (non-hydrogen) atoms. The van der Waals surface area contributed by atoms with Crippen LogP contribution < -0.4 is 0 Å². The predicted octanol–water partition coefficient (Wildman–Crippen LogP) is -1.08. The Hall–Kier alpha value is -0.380. The first-order valence-corrected chi connectivity index (χ1v) is 7.30. The Balaban J connectivity index is 1.75. The van der Waals surface area contributed by atoms with Crippen molar-refractivity contribution in [1.29, 1.82) is 0 Å². The third kappa shape index (κ3) is 2.37. The summed E-state index contributed by atoms with van der Waals surface area (Å²) in [4.78, 5) is 9.79. The molecule has 3 rings (SSSR count). The quantitative estimate of drug-likeness (QED) is 0.565. The van der Waals surface area contributed by atoms with E-state index >= 15 is 0 Å². The molecule has 8 heteroatoms. The van der Waals surface area contributed by atoms with Crippen LogP contribution in [0.15, 0.2) is 4.99 Å². The van der Waals surface area contributed by atoms with Crippen LogP contribution in [-0.4, -0.2) is 74.6 Å². The van der Waals surface area contributed by atoms with Crippen molar-refractivity contribution in [1.82, 2.24) is 5.06 Å². The summed E-state index contributed by atoms with van der Waals surface area (Å²) in [5, 5.41) is 32.0. The molecule has 0 aromatic rings. The van der Waals surface area contributed by atoms with Gasteiger partial charge in [0.1, 0.15) is 29.8 Å². The van der Waals surface area contributed by atoms with E-state index in [1.54, 1.807) is 5.06 Å². The summed E-state index contributed by atoms with van der Waals surface area (Å²) in [6.07, 6.45) is -2.87. The number of thioether (sulfide) groups is 1. The van der Waals surface area contributed by atoms with Crippen LogP contribution >= 0.6 is 11.8 Å². The van der Waals surface area contributed by atoms with Crippen LogP contribution in [0.3, 0.4) is 0 Å². The van der Waals surface area contributed by atoms with Crippen molar-refractivity contribution in [2.24, 2.45) is 4.99 Å². The second-order valence-corrected chi connectivity index (χ2v) is 6.07. The van der Waals surface area contributed by atoms with Gasteiger partial charge in [-0.2, -0.15) is 0 Å². The lowest BCUT2D eigenvalue weighted by molar-refractivity contribution is -0.181. The second-order valence-electron chi connectivity index (χ2n) is 5.00. The van der Waals surface area contributed by atoms with Gasteiger partial charge in [0, 0.05) is 0 Å². The van der Waals surface area contributed by atoms with E-state index in [2.05, 4.69) is 4.99 Å². The average Bonchev–Trinajstić information content (AvgIpc) is 3.01. The smallest absolute Gasteiger partial charge is 0.186 e. The lowest BCUT2D eigenvalue weighted by Gasteiger charge is -2.39. The Morgan fingerprint density at radius 1 is 1.42 bits per heavy atom. The topological polar surface area (TPSA) is 94.8 Å². The highest BCUT2D eigenvalue weighted by Crippen LogP contribution is 2.38. The van der Waals surface area contributed by atoms with Gasteiger partial charge < -0.3 is 20.1 Å². The highest BCUT2D eigenvalue weighted by Gasteiger charge is 2.50. The molecule has 0 saturated carbocycles. The zero-order valence-corrected chi connectivity index (χ0v) is 11.4. The fourth-order valence-corrected chi connectivity index (χ4v) is 3.69. The van der Waals surface area contributed by atoms with Crippen LogP contribution in [0, 0.1) is 0 Å². The summed E-state index contributed by atoms with van der Waals surface area (Å²) in [6, 6.07) is -0.519. The summed E-state index contributed by atoms with van der Waals surface area (Å²) in [6.45, 7) is 2.97. The Kier molecular flexibility index (Phi) is 3.71. The zero-order chi connectivity index (χ0) is 13.6. The number of amidine groups is 1. The number of aliphatic hydroxyl groups excluding tert-OH is 3. The molecule has 6 atom stereocenters. The molecule has 3 aliphatic rings. The van der Waals surface area contributed by atoms with Gasteiger partial charge in [-0.25, -0.2) is 5.06 Å². The van der Waals surface area contributed by atoms with Crippen molar-refractivity contribution in [3.63, 3.8) is 0 Å². The Bertz CT molecular complexity index is 374. The predicted molar refractivity (Wildman–Crippen MR) is 68.4 cm³/mol. The minimum absolute atomic E-state index is 0.391. The summed E-state index contributed by atoms with van der Waals surface area (Å²) in [7, 11) is 0. The molecule has 3 aliphatic heterocycles. The molecule has 0 aliphatic carbocycles. The number of hydrogen-bond acceptors (Lipinski definition) is 8. The number of rotatable bonds is 1. The maximum Gasteiger partial charge on any atom is 0.186 e. The van der Waals surface area contributed by atoms with Crippen molar-refractivity contribution in [3.8, 4) is 0 Å². The molecule has 6 unspecified atom stereocenters. The van der Waals surface area contributed by atoms with Gasteiger partial charge in [0.15, 0.2) is 5.17 Å². The van der Waals surface area contributed by atoms with Crippen LogP contribution in [0.2, 0.25) is 0 Å². The third-order valence-corrected chi connectivity index (χ3v) is 4.67. The largest absolute Gasteiger partial charge is 0.391 e. The number of aliphatic imine (C=N–C) groups is 1. The van der Waals surface area contributed by atoms with Gasteiger partial charge in [-0.3, -0.25) is 9.83 Å². The molecule has 2 saturated heterocycles. The molecular formula is C11H18N2O5S.